The van der Waals surface area contributed by atoms with E-state index in [4.69, 9.17) is 8.83 Å². The second kappa shape index (κ2) is 7.78. The maximum Gasteiger partial charge on any atom is 0.339 e. The maximum absolute atomic E-state index is 13.3. The molecule has 1 amide bonds. The highest BCUT2D eigenvalue weighted by atomic mass is 19.1. The van der Waals surface area contributed by atoms with Crippen molar-refractivity contribution in [3.05, 3.63) is 70.0 Å². The molecule has 5 nitrogen and oxygen atoms in total. The summed E-state index contributed by atoms with van der Waals surface area (Å²) in [4.78, 5) is 24.5. The summed E-state index contributed by atoms with van der Waals surface area (Å²) in [6.45, 7) is 5.64. The highest BCUT2D eigenvalue weighted by Crippen LogP contribution is 2.34. The second-order valence-corrected chi connectivity index (χ2v) is 7.72. The number of amides is 1. The maximum atomic E-state index is 13.3. The first-order valence-electron chi connectivity index (χ1n) is 9.86. The third-order valence-electron chi connectivity index (χ3n) is 5.19. The highest BCUT2D eigenvalue weighted by Gasteiger charge is 2.17. The number of rotatable bonds is 5. The number of hydrogen-bond donors (Lipinski definition) is 1. The van der Waals surface area contributed by atoms with Crippen molar-refractivity contribution < 1.29 is 18.0 Å². The molecule has 0 aliphatic heterocycles. The number of aryl methyl sites for hydroxylation is 1. The minimum atomic E-state index is -0.443. The van der Waals surface area contributed by atoms with Crippen LogP contribution in [-0.2, 0) is 11.2 Å². The van der Waals surface area contributed by atoms with Crippen LogP contribution in [0.5, 0.6) is 0 Å². The minimum absolute atomic E-state index is 0.0471. The lowest BCUT2D eigenvalue weighted by atomic mass is 9.99. The summed E-state index contributed by atoms with van der Waals surface area (Å²) in [5.74, 6) is -0.409. The third kappa shape index (κ3) is 3.73. The standard InChI is InChI=1S/C24H22FNO4/c1-13(2)26-23(27)9-8-17-14(3)18-10-19-20(15-4-6-16(25)7-5-15)12-29-21(19)11-22(18)30-24(17)28/h4-7,10-13H,8-9H2,1-3H3,(H,26,27). The Bertz CT molecular complexity index is 1300. The monoisotopic (exact) mass is 407 g/mol. The van der Waals surface area contributed by atoms with Crippen LogP contribution in [0, 0.1) is 12.7 Å². The van der Waals surface area contributed by atoms with Gasteiger partial charge >= 0.3 is 5.63 Å². The Morgan fingerprint density at radius 2 is 1.83 bits per heavy atom. The van der Waals surface area contributed by atoms with Gasteiger partial charge in [0.2, 0.25) is 5.91 Å². The summed E-state index contributed by atoms with van der Waals surface area (Å²) in [5.41, 5.74) is 3.50. The Morgan fingerprint density at radius 3 is 2.53 bits per heavy atom. The van der Waals surface area contributed by atoms with Gasteiger partial charge in [0, 0.05) is 40.4 Å². The summed E-state index contributed by atoms with van der Waals surface area (Å²) < 4.78 is 24.5. The average molecular weight is 407 g/mol. The molecule has 0 radical (unpaired) electrons. The van der Waals surface area contributed by atoms with Crippen LogP contribution in [-0.4, -0.2) is 11.9 Å². The Labute approximate surface area is 172 Å². The number of halogens is 1. The van der Waals surface area contributed by atoms with Crippen molar-refractivity contribution in [2.75, 3.05) is 0 Å². The molecule has 0 aliphatic carbocycles. The molecule has 0 bridgehead atoms. The quantitative estimate of drug-likeness (QED) is 0.467. The Kier molecular flexibility index (Phi) is 5.16. The van der Waals surface area contributed by atoms with Gasteiger partial charge in [-0.3, -0.25) is 4.79 Å². The van der Waals surface area contributed by atoms with Crippen molar-refractivity contribution in [1.82, 2.24) is 5.32 Å². The molecular weight excluding hydrogens is 385 g/mol. The fourth-order valence-electron chi connectivity index (χ4n) is 3.68. The number of hydrogen-bond acceptors (Lipinski definition) is 4. The van der Waals surface area contributed by atoms with E-state index >= 15 is 0 Å². The topological polar surface area (TPSA) is 72.5 Å². The Morgan fingerprint density at radius 1 is 1.10 bits per heavy atom. The van der Waals surface area contributed by atoms with Crippen LogP contribution in [0.25, 0.3) is 33.1 Å². The molecule has 4 aromatic rings. The number of carbonyl (C=O) groups excluding carboxylic acids is 1. The second-order valence-electron chi connectivity index (χ2n) is 7.72. The lowest BCUT2D eigenvalue weighted by molar-refractivity contribution is -0.121. The third-order valence-corrected chi connectivity index (χ3v) is 5.19. The van der Waals surface area contributed by atoms with E-state index in [1.165, 1.54) is 12.1 Å². The van der Waals surface area contributed by atoms with Crippen molar-refractivity contribution in [3.63, 3.8) is 0 Å². The van der Waals surface area contributed by atoms with Gasteiger partial charge in [0.1, 0.15) is 17.0 Å². The summed E-state index contributed by atoms with van der Waals surface area (Å²) >= 11 is 0. The van der Waals surface area contributed by atoms with Crippen LogP contribution in [0.2, 0.25) is 0 Å². The van der Waals surface area contributed by atoms with Gasteiger partial charge in [0.15, 0.2) is 0 Å². The number of furan rings is 1. The Balaban J connectivity index is 1.78. The smallest absolute Gasteiger partial charge is 0.339 e. The minimum Gasteiger partial charge on any atom is -0.464 e. The van der Waals surface area contributed by atoms with E-state index in [9.17, 15) is 14.0 Å². The first-order valence-corrected chi connectivity index (χ1v) is 9.86. The molecule has 2 heterocycles. The molecular formula is C24H22FNO4. The van der Waals surface area contributed by atoms with E-state index in [1.807, 2.05) is 26.8 Å². The summed E-state index contributed by atoms with van der Waals surface area (Å²) in [7, 11) is 0. The molecule has 4 rings (SSSR count). The molecule has 0 spiro atoms. The largest absolute Gasteiger partial charge is 0.464 e. The van der Waals surface area contributed by atoms with Crippen LogP contribution in [0.15, 0.2) is 56.3 Å². The van der Waals surface area contributed by atoms with Crippen molar-refractivity contribution >= 4 is 27.8 Å². The Hall–Kier alpha value is -3.41. The molecule has 2 aromatic heterocycles. The number of nitrogens with one attached hydrogen (secondary N) is 1. The summed E-state index contributed by atoms with van der Waals surface area (Å²) in [6, 6.07) is 9.86. The molecule has 2 aromatic carbocycles. The van der Waals surface area contributed by atoms with Gasteiger partial charge in [0.05, 0.1) is 6.26 Å². The van der Waals surface area contributed by atoms with Crippen LogP contribution in [0.3, 0.4) is 0 Å². The van der Waals surface area contributed by atoms with E-state index < -0.39 is 5.63 Å². The lowest BCUT2D eigenvalue weighted by Crippen LogP contribution is -2.30. The highest BCUT2D eigenvalue weighted by molar-refractivity contribution is 6.02. The van der Waals surface area contributed by atoms with Gasteiger partial charge in [-0.25, -0.2) is 9.18 Å². The van der Waals surface area contributed by atoms with Crippen molar-refractivity contribution in [2.45, 2.75) is 39.7 Å². The van der Waals surface area contributed by atoms with Crippen LogP contribution in [0.1, 0.15) is 31.4 Å². The molecule has 1 N–H and O–H groups in total. The average Bonchev–Trinajstić information content (AvgIpc) is 3.09. The number of carbonyl (C=O) groups is 1. The van der Waals surface area contributed by atoms with Crippen LogP contribution in [0.4, 0.5) is 4.39 Å². The predicted molar refractivity (Wildman–Crippen MR) is 114 cm³/mol. The van der Waals surface area contributed by atoms with Crippen LogP contribution >= 0.6 is 0 Å². The molecule has 154 valence electrons. The molecule has 0 fully saturated rings. The number of fused-ring (bicyclic) bond motifs is 2. The van der Waals surface area contributed by atoms with Crippen LogP contribution < -0.4 is 10.9 Å². The first-order chi connectivity index (χ1) is 14.3. The van der Waals surface area contributed by atoms with Crippen molar-refractivity contribution in [1.29, 1.82) is 0 Å². The zero-order valence-electron chi connectivity index (χ0n) is 17.0. The predicted octanol–water partition coefficient (Wildman–Crippen LogP) is 5.11. The van der Waals surface area contributed by atoms with Gasteiger partial charge in [-0.1, -0.05) is 12.1 Å². The van der Waals surface area contributed by atoms with Crippen molar-refractivity contribution in [2.24, 2.45) is 0 Å². The summed E-state index contributed by atoms with van der Waals surface area (Å²) in [6.07, 6.45) is 2.13. The van der Waals surface area contributed by atoms with E-state index in [-0.39, 0.29) is 24.2 Å². The molecule has 0 saturated carbocycles. The SMILES string of the molecule is Cc1c(CCC(=O)NC(C)C)c(=O)oc2cc3occ(-c4ccc(F)cc4)c3cc12. The van der Waals surface area contributed by atoms with E-state index in [0.717, 1.165) is 27.5 Å². The fourth-order valence-corrected chi connectivity index (χ4v) is 3.68. The molecule has 0 unspecified atom stereocenters. The van der Waals surface area contributed by atoms with Gasteiger partial charge in [-0.2, -0.15) is 0 Å². The molecule has 0 aliphatic rings. The van der Waals surface area contributed by atoms with Gasteiger partial charge in [-0.05, 0) is 56.5 Å². The van der Waals surface area contributed by atoms with Gasteiger partial charge in [-0.15, -0.1) is 0 Å². The molecule has 30 heavy (non-hydrogen) atoms. The zero-order valence-corrected chi connectivity index (χ0v) is 17.0. The molecule has 0 saturated heterocycles. The lowest BCUT2D eigenvalue weighted by Gasteiger charge is -2.10. The van der Waals surface area contributed by atoms with Gasteiger partial charge in [0.25, 0.3) is 0 Å². The zero-order chi connectivity index (χ0) is 21.4. The fraction of sp³-hybridized carbons (Fsp3) is 0.250. The summed E-state index contributed by atoms with van der Waals surface area (Å²) in [5, 5.41) is 4.45. The first kappa shape index (κ1) is 19.9. The normalized spacial score (nSPS) is 11.5. The van der Waals surface area contributed by atoms with E-state index in [1.54, 1.807) is 24.5 Å². The molecule has 0 atom stereocenters. The van der Waals surface area contributed by atoms with E-state index in [0.29, 0.717) is 23.2 Å². The van der Waals surface area contributed by atoms with E-state index in [2.05, 4.69) is 5.32 Å². The van der Waals surface area contributed by atoms with Gasteiger partial charge < -0.3 is 14.2 Å². The van der Waals surface area contributed by atoms with Crippen molar-refractivity contribution in [3.8, 4) is 11.1 Å². The molecule has 6 heteroatoms. The number of benzene rings is 2.